The number of fused-ring (bicyclic) bond motifs is 1. The fourth-order valence-electron chi connectivity index (χ4n) is 2.65. The Kier molecular flexibility index (Phi) is 4.73. The largest absolute Gasteiger partial charge is 0.352 e. The lowest BCUT2D eigenvalue weighted by molar-refractivity contribution is -0.128. The molecule has 0 spiro atoms. The minimum Gasteiger partial charge on any atom is -0.352 e. The molecular weight excluding hydrogens is 294 g/mol. The molecular formula is C17H23N3O3. The van der Waals surface area contributed by atoms with Gasteiger partial charge in [0.05, 0.1) is 0 Å². The van der Waals surface area contributed by atoms with Crippen LogP contribution in [0.1, 0.15) is 42.6 Å². The Bertz CT molecular complexity index is 650. The van der Waals surface area contributed by atoms with Gasteiger partial charge in [0.1, 0.15) is 0 Å². The van der Waals surface area contributed by atoms with Gasteiger partial charge in [-0.15, -0.1) is 0 Å². The molecule has 1 aliphatic rings. The third-order valence-corrected chi connectivity index (χ3v) is 4.01. The molecule has 0 aliphatic carbocycles. The minimum absolute atomic E-state index is 0.0121. The summed E-state index contributed by atoms with van der Waals surface area (Å²) < 4.78 is 0. The van der Waals surface area contributed by atoms with Gasteiger partial charge < -0.3 is 15.5 Å². The molecule has 0 fully saturated rings. The second-order valence-corrected chi connectivity index (χ2v) is 6.66. The molecule has 1 aromatic rings. The lowest BCUT2D eigenvalue weighted by atomic mass is 9.77. The number of nitrogens with one attached hydrogen (secondary N) is 2. The topological polar surface area (TPSA) is 78.5 Å². The van der Waals surface area contributed by atoms with Crippen molar-refractivity contribution in [2.45, 2.75) is 32.1 Å². The Hall–Kier alpha value is -2.37. The average molecular weight is 317 g/mol. The predicted molar refractivity (Wildman–Crippen MR) is 88.4 cm³/mol. The maximum Gasteiger partial charge on any atom is 0.251 e. The Labute approximate surface area is 136 Å². The number of benzene rings is 1. The van der Waals surface area contributed by atoms with Crippen molar-refractivity contribution in [3.8, 4) is 0 Å². The van der Waals surface area contributed by atoms with Gasteiger partial charge in [-0.3, -0.25) is 14.4 Å². The highest BCUT2D eigenvalue weighted by Gasteiger charge is 2.32. The highest BCUT2D eigenvalue weighted by atomic mass is 16.2. The highest BCUT2D eigenvalue weighted by molar-refractivity contribution is 5.99. The summed E-state index contributed by atoms with van der Waals surface area (Å²) in [7, 11) is 3.37. The lowest BCUT2D eigenvalue weighted by Gasteiger charge is -2.32. The third kappa shape index (κ3) is 3.88. The van der Waals surface area contributed by atoms with Crippen molar-refractivity contribution in [2.75, 3.05) is 26.0 Å². The van der Waals surface area contributed by atoms with Crippen molar-refractivity contribution < 1.29 is 14.4 Å². The van der Waals surface area contributed by atoms with Gasteiger partial charge in [0.2, 0.25) is 11.8 Å². The van der Waals surface area contributed by atoms with Crippen LogP contribution in [0.3, 0.4) is 0 Å². The van der Waals surface area contributed by atoms with Gasteiger partial charge >= 0.3 is 0 Å². The van der Waals surface area contributed by atoms with Crippen molar-refractivity contribution >= 4 is 23.4 Å². The van der Waals surface area contributed by atoms with Crippen molar-refractivity contribution in [3.63, 3.8) is 0 Å². The monoisotopic (exact) mass is 317 g/mol. The molecule has 1 aliphatic heterocycles. The number of carbonyl (C=O) groups excluding carboxylic acids is 3. The molecule has 0 atom stereocenters. The first-order valence-electron chi connectivity index (χ1n) is 7.63. The number of hydrogen-bond acceptors (Lipinski definition) is 3. The Morgan fingerprint density at radius 1 is 1.30 bits per heavy atom. The summed E-state index contributed by atoms with van der Waals surface area (Å²) in [6, 6.07) is 5.26. The predicted octanol–water partition coefficient (Wildman–Crippen LogP) is 1.51. The first kappa shape index (κ1) is 17.0. The molecule has 2 rings (SSSR count). The summed E-state index contributed by atoms with van der Waals surface area (Å²) in [6.07, 6.45) is 0.660. The smallest absolute Gasteiger partial charge is 0.251 e. The zero-order valence-corrected chi connectivity index (χ0v) is 14.0. The van der Waals surface area contributed by atoms with E-state index in [4.69, 9.17) is 0 Å². The number of amides is 3. The van der Waals surface area contributed by atoms with E-state index in [1.54, 1.807) is 26.2 Å². The van der Waals surface area contributed by atoms with Gasteiger partial charge in [-0.2, -0.15) is 0 Å². The zero-order chi connectivity index (χ0) is 17.2. The SMILES string of the molecule is CN(C)C(=O)CCNC(=O)c1ccc2c(c1)C(C)(C)CC(=O)N2. The molecule has 0 aromatic heterocycles. The molecule has 0 saturated carbocycles. The van der Waals surface area contributed by atoms with Crippen LogP contribution in [0.5, 0.6) is 0 Å². The fraction of sp³-hybridized carbons (Fsp3) is 0.471. The summed E-state index contributed by atoms with van der Waals surface area (Å²) in [5.41, 5.74) is 1.93. The van der Waals surface area contributed by atoms with Crippen LogP contribution in [0.15, 0.2) is 18.2 Å². The lowest BCUT2D eigenvalue weighted by Crippen LogP contribution is -2.33. The Morgan fingerprint density at radius 2 is 2.00 bits per heavy atom. The Morgan fingerprint density at radius 3 is 2.65 bits per heavy atom. The van der Waals surface area contributed by atoms with Gasteiger partial charge in [-0.25, -0.2) is 0 Å². The van der Waals surface area contributed by atoms with Crippen molar-refractivity contribution in [1.29, 1.82) is 0 Å². The molecule has 6 nitrogen and oxygen atoms in total. The van der Waals surface area contributed by atoms with E-state index in [9.17, 15) is 14.4 Å². The van der Waals surface area contributed by atoms with Crippen LogP contribution in [0.2, 0.25) is 0 Å². The van der Waals surface area contributed by atoms with Gasteiger partial charge in [0, 0.05) is 50.1 Å². The van der Waals surface area contributed by atoms with Crippen LogP contribution < -0.4 is 10.6 Å². The van der Waals surface area contributed by atoms with Gasteiger partial charge in [0.15, 0.2) is 0 Å². The van der Waals surface area contributed by atoms with E-state index in [0.717, 1.165) is 11.3 Å². The normalized spacial score (nSPS) is 15.4. The number of rotatable bonds is 4. The number of hydrogen-bond donors (Lipinski definition) is 2. The molecule has 0 unspecified atom stereocenters. The Balaban J connectivity index is 2.08. The highest BCUT2D eigenvalue weighted by Crippen LogP contribution is 2.37. The molecule has 2 N–H and O–H groups in total. The van der Waals surface area contributed by atoms with Crippen molar-refractivity contribution in [3.05, 3.63) is 29.3 Å². The molecule has 0 radical (unpaired) electrons. The average Bonchev–Trinajstić information content (AvgIpc) is 2.45. The van der Waals surface area contributed by atoms with Crippen molar-refractivity contribution in [2.24, 2.45) is 0 Å². The molecule has 0 bridgehead atoms. The second kappa shape index (κ2) is 6.40. The molecule has 1 aromatic carbocycles. The van der Waals surface area contributed by atoms with E-state index in [0.29, 0.717) is 18.5 Å². The van der Waals surface area contributed by atoms with Crippen molar-refractivity contribution in [1.82, 2.24) is 10.2 Å². The first-order valence-corrected chi connectivity index (χ1v) is 7.63. The van der Waals surface area contributed by atoms with Gasteiger partial charge in [-0.05, 0) is 23.8 Å². The fourth-order valence-corrected chi connectivity index (χ4v) is 2.65. The maximum atomic E-state index is 12.2. The molecule has 6 heteroatoms. The minimum atomic E-state index is -0.311. The zero-order valence-electron chi connectivity index (χ0n) is 14.0. The van der Waals surface area contributed by atoms with Gasteiger partial charge in [-0.1, -0.05) is 13.8 Å². The van der Waals surface area contributed by atoms with E-state index >= 15 is 0 Å². The van der Waals surface area contributed by atoms with Crippen LogP contribution in [-0.4, -0.2) is 43.3 Å². The van der Waals surface area contributed by atoms with Crippen LogP contribution in [-0.2, 0) is 15.0 Å². The van der Waals surface area contributed by atoms with Crippen LogP contribution in [0.4, 0.5) is 5.69 Å². The maximum absolute atomic E-state index is 12.2. The number of anilines is 1. The van der Waals surface area contributed by atoms with Gasteiger partial charge in [0.25, 0.3) is 5.91 Å². The van der Waals surface area contributed by atoms with E-state index < -0.39 is 0 Å². The van der Waals surface area contributed by atoms with Crippen LogP contribution >= 0.6 is 0 Å². The molecule has 1 heterocycles. The van der Waals surface area contributed by atoms with E-state index in [-0.39, 0.29) is 29.6 Å². The number of carbonyl (C=O) groups is 3. The first-order chi connectivity index (χ1) is 10.7. The second-order valence-electron chi connectivity index (χ2n) is 6.66. The quantitative estimate of drug-likeness (QED) is 0.883. The summed E-state index contributed by atoms with van der Waals surface area (Å²) >= 11 is 0. The van der Waals surface area contributed by atoms with E-state index in [1.807, 2.05) is 19.9 Å². The summed E-state index contributed by atoms with van der Waals surface area (Å²) in [5, 5.41) is 5.59. The standard InChI is InChI=1S/C17H23N3O3/c1-17(2)10-14(21)19-13-6-5-11(9-12(13)17)16(23)18-8-7-15(22)20(3)4/h5-6,9H,7-8,10H2,1-4H3,(H,18,23)(H,19,21). The summed E-state index contributed by atoms with van der Waals surface area (Å²) in [4.78, 5) is 36.9. The molecule has 124 valence electrons. The molecule has 0 saturated heterocycles. The summed E-state index contributed by atoms with van der Waals surface area (Å²) in [6.45, 7) is 4.27. The van der Waals surface area contributed by atoms with Crippen LogP contribution in [0.25, 0.3) is 0 Å². The number of nitrogens with zero attached hydrogens (tertiary/aromatic N) is 1. The van der Waals surface area contributed by atoms with E-state index in [2.05, 4.69) is 10.6 Å². The summed E-state index contributed by atoms with van der Waals surface area (Å²) in [5.74, 6) is -0.256. The third-order valence-electron chi connectivity index (χ3n) is 4.01. The molecule has 23 heavy (non-hydrogen) atoms. The van der Waals surface area contributed by atoms with E-state index in [1.165, 1.54) is 4.90 Å². The van der Waals surface area contributed by atoms with Crippen LogP contribution in [0, 0.1) is 0 Å². The molecule has 3 amide bonds.